The standard InChI is InChI=1S/C38H38Cl2F3N7O5/c1-37(2,38(41,42)43)20-44-16-30-47-50-18-22(15-29(50)35(52)48(30)3)24-7-5-8-25(32(24)39)26-9-6-10-27(33(26)40)28-13-11-21(34(46-28)55-4)17-49(36(53)54)19-23-12-14-31(51)45-23/h5-11,13,15,18,23,44H,12,14,16-17,19-20H2,1-4H3,(H,45,51)(H,53,54). The van der Waals surface area contributed by atoms with Gasteiger partial charge in [0, 0.05) is 72.2 Å². The molecule has 290 valence electrons. The van der Waals surface area contributed by atoms with E-state index < -0.39 is 17.7 Å². The number of ether oxygens (including phenoxy) is 1. The van der Waals surface area contributed by atoms with E-state index in [4.69, 9.17) is 27.9 Å². The van der Waals surface area contributed by atoms with E-state index in [1.807, 2.05) is 6.07 Å². The van der Waals surface area contributed by atoms with Crippen LogP contribution in [0.15, 0.2) is 65.6 Å². The van der Waals surface area contributed by atoms with Crippen LogP contribution in [0, 0.1) is 5.41 Å². The second-order valence-corrected chi connectivity index (χ2v) is 14.7. The van der Waals surface area contributed by atoms with Crippen LogP contribution in [0.2, 0.25) is 10.0 Å². The van der Waals surface area contributed by atoms with Crippen LogP contribution >= 0.6 is 23.2 Å². The zero-order valence-electron chi connectivity index (χ0n) is 30.3. The molecule has 3 N–H and O–H groups in total. The smallest absolute Gasteiger partial charge is 0.407 e. The van der Waals surface area contributed by atoms with Crippen molar-refractivity contribution in [1.82, 2.24) is 34.7 Å². The number of alkyl halides is 3. The number of carboxylic acid groups (broad SMARTS) is 1. The number of rotatable bonds is 12. The minimum absolute atomic E-state index is 0.0104. The Labute approximate surface area is 323 Å². The van der Waals surface area contributed by atoms with Gasteiger partial charge in [0.2, 0.25) is 11.8 Å². The summed E-state index contributed by atoms with van der Waals surface area (Å²) in [4.78, 5) is 42.9. The number of nitrogens with zero attached hydrogens (tertiary/aromatic N) is 5. The van der Waals surface area contributed by atoms with Crippen molar-refractivity contribution in [3.63, 3.8) is 0 Å². The number of carbonyl (C=O) groups excluding carboxylic acids is 1. The van der Waals surface area contributed by atoms with Crippen molar-refractivity contribution in [2.75, 3.05) is 20.2 Å². The lowest BCUT2D eigenvalue weighted by Gasteiger charge is -2.27. The summed E-state index contributed by atoms with van der Waals surface area (Å²) in [7, 11) is 2.95. The maximum Gasteiger partial charge on any atom is 0.407 e. The van der Waals surface area contributed by atoms with Gasteiger partial charge in [0.25, 0.3) is 5.56 Å². The minimum atomic E-state index is -4.40. The van der Waals surface area contributed by atoms with Crippen molar-refractivity contribution in [1.29, 1.82) is 0 Å². The number of benzene rings is 2. The average Bonchev–Trinajstić information content (AvgIpc) is 3.75. The van der Waals surface area contributed by atoms with Gasteiger partial charge in [0.05, 0.1) is 41.4 Å². The van der Waals surface area contributed by atoms with Crippen LogP contribution < -0.4 is 20.9 Å². The van der Waals surface area contributed by atoms with Crippen molar-refractivity contribution in [3.8, 4) is 39.4 Å². The summed E-state index contributed by atoms with van der Waals surface area (Å²) in [5.41, 5.74) is 1.81. The van der Waals surface area contributed by atoms with Crippen LogP contribution in [0.25, 0.3) is 39.0 Å². The Morgan fingerprint density at radius 3 is 2.33 bits per heavy atom. The molecule has 1 saturated heterocycles. The molecule has 1 atom stereocenters. The summed E-state index contributed by atoms with van der Waals surface area (Å²) >= 11 is 14.1. The molecule has 0 radical (unpaired) electrons. The number of aromatic nitrogens is 4. The van der Waals surface area contributed by atoms with Crippen molar-refractivity contribution in [3.05, 3.63) is 92.6 Å². The number of carbonyl (C=O) groups is 2. The largest absolute Gasteiger partial charge is 0.481 e. The van der Waals surface area contributed by atoms with Gasteiger partial charge in [0.1, 0.15) is 11.3 Å². The molecule has 4 heterocycles. The van der Waals surface area contributed by atoms with Crippen LogP contribution in [0.3, 0.4) is 0 Å². The van der Waals surface area contributed by atoms with E-state index >= 15 is 0 Å². The molecule has 3 aromatic heterocycles. The Hall–Kier alpha value is -5.12. The van der Waals surface area contributed by atoms with Gasteiger partial charge in [-0.1, -0.05) is 59.6 Å². The monoisotopic (exact) mass is 799 g/mol. The van der Waals surface area contributed by atoms with E-state index in [0.717, 1.165) is 13.8 Å². The van der Waals surface area contributed by atoms with Crippen molar-refractivity contribution in [2.24, 2.45) is 12.5 Å². The van der Waals surface area contributed by atoms with E-state index in [2.05, 4.69) is 20.7 Å². The molecule has 1 aliphatic rings. The maximum absolute atomic E-state index is 13.4. The quantitative estimate of drug-likeness (QED) is 0.121. The van der Waals surface area contributed by atoms with Crippen LogP contribution in [-0.2, 0) is 24.9 Å². The lowest BCUT2D eigenvalue weighted by Crippen LogP contribution is -2.41. The van der Waals surface area contributed by atoms with E-state index in [9.17, 15) is 32.7 Å². The van der Waals surface area contributed by atoms with Crippen molar-refractivity contribution in [2.45, 2.75) is 52.0 Å². The number of fused-ring (bicyclic) bond motifs is 1. The first-order chi connectivity index (χ1) is 26.0. The van der Waals surface area contributed by atoms with Crippen LogP contribution in [0.1, 0.15) is 38.1 Å². The summed E-state index contributed by atoms with van der Waals surface area (Å²) in [6.07, 6.45) is -3.00. The van der Waals surface area contributed by atoms with Crippen molar-refractivity contribution >= 4 is 40.7 Å². The Kier molecular flexibility index (Phi) is 11.2. The molecule has 0 saturated carbocycles. The second-order valence-electron chi connectivity index (χ2n) is 14.0. The summed E-state index contributed by atoms with van der Waals surface area (Å²) in [6, 6.07) is 15.6. The van der Waals surface area contributed by atoms with Gasteiger partial charge >= 0.3 is 12.3 Å². The zero-order valence-corrected chi connectivity index (χ0v) is 31.8. The lowest BCUT2D eigenvalue weighted by molar-refractivity contribution is -0.209. The molecule has 1 aliphatic heterocycles. The first kappa shape index (κ1) is 39.6. The number of halogens is 5. The predicted molar refractivity (Wildman–Crippen MR) is 202 cm³/mol. The summed E-state index contributed by atoms with van der Waals surface area (Å²) < 4.78 is 48.3. The molecule has 6 rings (SSSR count). The fourth-order valence-corrected chi connectivity index (χ4v) is 7.04. The fraction of sp³-hybridized carbons (Fsp3) is 0.342. The van der Waals surface area contributed by atoms with Crippen LogP contribution in [0.4, 0.5) is 18.0 Å². The Morgan fingerprint density at radius 2 is 1.71 bits per heavy atom. The third-order valence-electron chi connectivity index (χ3n) is 9.72. The molecular weight excluding hydrogens is 762 g/mol. The third-order valence-corrected chi connectivity index (χ3v) is 10.5. The molecule has 0 spiro atoms. The minimum Gasteiger partial charge on any atom is -0.481 e. The molecule has 2 aromatic carbocycles. The maximum atomic E-state index is 13.4. The summed E-state index contributed by atoms with van der Waals surface area (Å²) in [5, 5.41) is 20.6. The molecule has 0 bridgehead atoms. The Bertz CT molecular complexity index is 2340. The van der Waals surface area contributed by atoms with Gasteiger partial charge in [-0.2, -0.15) is 18.3 Å². The summed E-state index contributed by atoms with van der Waals surface area (Å²) in [5.74, 6) is 0.355. The number of methoxy groups -OCH3 is 1. The topological polar surface area (TPSA) is 143 Å². The number of pyridine rings is 1. The number of hydrogen-bond donors (Lipinski definition) is 3. The second kappa shape index (κ2) is 15.6. The molecule has 2 amide bonds. The Balaban J connectivity index is 1.27. The molecule has 1 fully saturated rings. The first-order valence-corrected chi connectivity index (χ1v) is 18.0. The normalized spacial score (nSPS) is 14.7. The highest BCUT2D eigenvalue weighted by molar-refractivity contribution is 6.39. The SMILES string of the molecule is COc1nc(-c2cccc(-c3cccc(-c4cc5c(=O)n(C)c(CNCC(C)(C)C(F)(F)F)nn5c4)c3Cl)c2Cl)ccc1CN(CC1CCC(=O)N1)C(=O)O. The average molecular weight is 801 g/mol. The van der Waals surface area contributed by atoms with Gasteiger partial charge in [-0.05, 0) is 38.5 Å². The van der Waals surface area contributed by atoms with E-state index in [1.165, 1.54) is 28.1 Å². The Morgan fingerprint density at radius 1 is 1.05 bits per heavy atom. The van der Waals surface area contributed by atoms with Gasteiger partial charge in [-0.3, -0.25) is 14.2 Å². The molecular formula is C38H38Cl2F3N7O5. The highest BCUT2D eigenvalue weighted by atomic mass is 35.5. The molecule has 1 unspecified atom stereocenters. The van der Waals surface area contributed by atoms with Gasteiger partial charge < -0.3 is 25.4 Å². The molecule has 17 heteroatoms. The number of amides is 2. The zero-order chi connectivity index (χ0) is 39.8. The third kappa shape index (κ3) is 8.14. The first-order valence-electron chi connectivity index (χ1n) is 17.2. The fourth-order valence-electron chi connectivity index (χ4n) is 6.38. The van der Waals surface area contributed by atoms with Gasteiger partial charge in [0.15, 0.2) is 0 Å². The molecule has 5 aromatic rings. The molecule has 0 aliphatic carbocycles. The molecule has 55 heavy (non-hydrogen) atoms. The van der Waals surface area contributed by atoms with E-state index in [0.29, 0.717) is 62.0 Å². The van der Waals surface area contributed by atoms with Gasteiger partial charge in [-0.15, -0.1) is 0 Å². The van der Waals surface area contributed by atoms with Crippen LogP contribution in [-0.4, -0.2) is 73.6 Å². The van der Waals surface area contributed by atoms with E-state index in [1.54, 1.807) is 54.7 Å². The highest BCUT2D eigenvalue weighted by Crippen LogP contribution is 2.43. The lowest BCUT2D eigenvalue weighted by atomic mass is 9.93. The summed E-state index contributed by atoms with van der Waals surface area (Å²) in [6.45, 7) is 1.88. The predicted octanol–water partition coefficient (Wildman–Crippen LogP) is 7.18. The molecule has 12 nitrogen and oxygen atoms in total. The highest BCUT2D eigenvalue weighted by Gasteiger charge is 2.46. The van der Waals surface area contributed by atoms with Crippen LogP contribution in [0.5, 0.6) is 5.88 Å². The number of nitrogens with one attached hydrogen (secondary N) is 2. The van der Waals surface area contributed by atoms with Crippen molar-refractivity contribution < 1.29 is 32.6 Å². The van der Waals surface area contributed by atoms with Gasteiger partial charge in [-0.25, -0.2) is 14.3 Å². The van der Waals surface area contributed by atoms with E-state index in [-0.39, 0.29) is 60.9 Å². The number of hydrogen-bond acceptors (Lipinski definition) is 7.